The minimum atomic E-state index is 0.578. The highest BCUT2D eigenvalue weighted by Crippen LogP contribution is 2.26. The van der Waals surface area contributed by atoms with Crippen LogP contribution in [0.5, 0.6) is 0 Å². The van der Waals surface area contributed by atoms with E-state index in [-0.39, 0.29) is 0 Å². The van der Waals surface area contributed by atoms with Gasteiger partial charge in [-0.2, -0.15) is 0 Å². The molecule has 21 heavy (non-hydrogen) atoms. The Kier molecular flexibility index (Phi) is 2.62. The number of anilines is 1. The molecule has 0 atom stereocenters. The van der Waals surface area contributed by atoms with Crippen LogP contribution in [0.1, 0.15) is 0 Å². The lowest BCUT2D eigenvalue weighted by Crippen LogP contribution is -1.91. The Bertz CT molecular complexity index is 972. The molecular formula is C17H12ClN3. The molecule has 0 aliphatic carbocycles. The number of pyridine rings is 1. The van der Waals surface area contributed by atoms with E-state index in [1.165, 1.54) is 10.8 Å². The zero-order valence-electron chi connectivity index (χ0n) is 11.1. The van der Waals surface area contributed by atoms with Gasteiger partial charge in [-0.3, -0.25) is 0 Å². The van der Waals surface area contributed by atoms with Gasteiger partial charge < -0.3 is 10.1 Å². The fraction of sp³-hybridized carbons (Fsp3) is 0. The molecule has 0 aliphatic heterocycles. The largest absolute Gasteiger partial charge is 0.396 e. The van der Waals surface area contributed by atoms with Crippen LogP contribution in [0.3, 0.4) is 0 Å². The van der Waals surface area contributed by atoms with Gasteiger partial charge in [0.1, 0.15) is 0 Å². The summed E-state index contributed by atoms with van der Waals surface area (Å²) in [6.07, 6.45) is 3.76. The molecule has 2 aromatic carbocycles. The zero-order valence-corrected chi connectivity index (χ0v) is 11.9. The molecule has 102 valence electrons. The highest BCUT2D eigenvalue weighted by Gasteiger charge is 2.08. The maximum atomic E-state index is 6.03. The van der Waals surface area contributed by atoms with Gasteiger partial charge in [0.05, 0.1) is 16.4 Å². The van der Waals surface area contributed by atoms with Crippen LogP contribution in [-0.4, -0.2) is 9.38 Å². The maximum absolute atomic E-state index is 6.03. The molecule has 4 rings (SSSR count). The smallest absolute Gasteiger partial charge is 0.160 e. The first-order valence-electron chi connectivity index (χ1n) is 6.63. The Morgan fingerprint density at radius 2 is 1.76 bits per heavy atom. The van der Waals surface area contributed by atoms with E-state index in [1.807, 2.05) is 28.9 Å². The fourth-order valence-corrected chi connectivity index (χ4v) is 2.80. The average Bonchev–Trinajstić information content (AvgIpc) is 2.91. The van der Waals surface area contributed by atoms with Crippen molar-refractivity contribution in [3.8, 4) is 11.3 Å². The second-order valence-electron chi connectivity index (χ2n) is 5.03. The molecule has 2 aromatic heterocycles. The van der Waals surface area contributed by atoms with Gasteiger partial charge in [0.25, 0.3) is 0 Å². The normalized spacial score (nSPS) is 11.3. The third-order valence-corrected chi connectivity index (χ3v) is 3.80. The maximum Gasteiger partial charge on any atom is 0.160 e. The molecule has 2 heterocycles. The molecule has 4 heteroatoms. The van der Waals surface area contributed by atoms with Crippen molar-refractivity contribution in [1.29, 1.82) is 0 Å². The summed E-state index contributed by atoms with van der Waals surface area (Å²) in [5.74, 6) is 0. The molecule has 4 aromatic rings. The summed E-state index contributed by atoms with van der Waals surface area (Å²) >= 11 is 6.03. The summed E-state index contributed by atoms with van der Waals surface area (Å²) in [5.41, 5.74) is 9.22. The Hall–Kier alpha value is -2.52. The topological polar surface area (TPSA) is 43.3 Å². The van der Waals surface area contributed by atoms with Crippen LogP contribution in [0.4, 0.5) is 5.69 Å². The minimum absolute atomic E-state index is 0.578. The van der Waals surface area contributed by atoms with Crippen LogP contribution >= 0.6 is 11.6 Å². The fourth-order valence-electron chi connectivity index (χ4n) is 2.58. The minimum Gasteiger partial charge on any atom is -0.396 e. The number of imidazole rings is 1. The Morgan fingerprint density at radius 3 is 2.62 bits per heavy atom. The van der Waals surface area contributed by atoms with E-state index in [0.717, 1.165) is 16.9 Å². The quantitative estimate of drug-likeness (QED) is 0.565. The summed E-state index contributed by atoms with van der Waals surface area (Å²) in [4.78, 5) is 4.61. The number of fused-ring (bicyclic) bond motifs is 2. The Morgan fingerprint density at radius 1 is 0.952 bits per heavy atom. The predicted octanol–water partition coefficient (Wildman–Crippen LogP) is 4.39. The number of benzene rings is 2. The number of hydrogen-bond donors (Lipinski definition) is 1. The lowest BCUT2D eigenvalue weighted by molar-refractivity contribution is 1.19. The lowest BCUT2D eigenvalue weighted by atomic mass is 10.1. The number of halogens is 1. The van der Waals surface area contributed by atoms with Crippen molar-refractivity contribution >= 4 is 33.7 Å². The standard InChI is InChI=1S/C17H12ClN3/c18-14-8-15(19)17-20-16(10-21(17)9-14)13-6-5-11-3-1-2-4-12(11)7-13/h1-10H,19H2. The van der Waals surface area contributed by atoms with Gasteiger partial charge in [-0.15, -0.1) is 0 Å². The highest BCUT2D eigenvalue weighted by molar-refractivity contribution is 6.30. The predicted molar refractivity (Wildman–Crippen MR) is 87.6 cm³/mol. The van der Waals surface area contributed by atoms with Crippen LogP contribution in [0, 0.1) is 0 Å². The van der Waals surface area contributed by atoms with Crippen molar-refractivity contribution in [3.05, 3.63) is 65.9 Å². The van der Waals surface area contributed by atoms with Crippen molar-refractivity contribution in [3.63, 3.8) is 0 Å². The van der Waals surface area contributed by atoms with Crippen LogP contribution in [0.2, 0.25) is 5.02 Å². The molecule has 0 unspecified atom stereocenters. The molecule has 2 N–H and O–H groups in total. The van der Waals surface area contributed by atoms with E-state index in [9.17, 15) is 0 Å². The number of nitrogen functional groups attached to an aromatic ring is 1. The van der Waals surface area contributed by atoms with Crippen LogP contribution < -0.4 is 5.73 Å². The SMILES string of the molecule is Nc1cc(Cl)cn2cc(-c3ccc4ccccc4c3)nc12. The van der Waals surface area contributed by atoms with Crippen molar-refractivity contribution in [1.82, 2.24) is 9.38 Å². The number of aromatic nitrogens is 2. The summed E-state index contributed by atoms with van der Waals surface area (Å²) < 4.78 is 1.86. The summed E-state index contributed by atoms with van der Waals surface area (Å²) in [6, 6.07) is 16.3. The highest BCUT2D eigenvalue weighted by atomic mass is 35.5. The average molecular weight is 294 g/mol. The van der Waals surface area contributed by atoms with Crippen molar-refractivity contribution in [2.45, 2.75) is 0 Å². The molecule has 0 aliphatic rings. The molecule has 0 bridgehead atoms. The summed E-state index contributed by atoms with van der Waals surface area (Å²) in [5, 5.41) is 3.01. The van der Waals surface area contributed by atoms with E-state index in [2.05, 4.69) is 35.3 Å². The molecule has 3 nitrogen and oxygen atoms in total. The number of nitrogens with two attached hydrogens (primary N) is 1. The molecule has 0 saturated carbocycles. The first-order chi connectivity index (χ1) is 10.2. The number of rotatable bonds is 1. The van der Waals surface area contributed by atoms with E-state index in [4.69, 9.17) is 17.3 Å². The van der Waals surface area contributed by atoms with E-state index in [1.54, 1.807) is 6.07 Å². The summed E-state index contributed by atoms with van der Waals surface area (Å²) in [7, 11) is 0. The van der Waals surface area contributed by atoms with E-state index >= 15 is 0 Å². The molecule has 0 fully saturated rings. The molecule has 0 radical (unpaired) electrons. The van der Waals surface area contributed by atoms with Gasteiger partial charge in [0.15, 0.2) is 5.65 Å². The van der Waals surface area contributed by atoms with Gasteiger partial charge >= 0.3 is 0 Å². The Balaban J connectivity index is 1.93. The van der Waals surface area contributed by atoms with Crippen LogP contribution in [-0.2, 0) is 0 Å². The first-order valence-corrected chi connectivity index (χ1v) is 7.01. The van der Waals surface area contributed by atoms with Crippen molar-refractivity contribution in [2.75, 3.05) is 5.73 Å². The van der Waals surface area contributed by atoms with Gasteiger partial charge in [-0.1, -0.05) is 48.0 Å². The van der Waals surface area contributed by atoms with E-state index < -0.39 is 0 Å². The van der Waals surface area contributed by atoms with Crippen molar-refractivity contribution in [2.24, 2.45) is 0 Å². The first kappa shape index (κ1) is 12.2. The van der Waals surface area contributed by atoms with E-state index in [0.29, 0.717) is 10.7 Å². The Labute approximate surface area is 126 Å². The van der Waals surface area contributed by atoms with Crippen molar-refractivity contribution < 1.29 is 0 Å². The second kappa shape index (κ2) is 4.50. The monoisotopic (exact) mass is 293 g/mol. The van der Waals surface area contributed by atoms with Gasteiger partial charge in [-0.25, -0.2) is 4.98 Å². The zero-order chi connectivity index (χ0) is 14.4. The number of hydrogen-bond acceptors (Lipinski definition) is 2. The molecular weight excluding hydrogens is 282 g/mol. The van der Waals surface area contributed by atoms with Crippen LogP contribution in [0.25, 0.3) is 27.7 Å². The van der Waals surface area contributed by atoms with Crippen LogP contribution in [0.15, 0.2) is 60.9 Å². The van der Waals surface area contributed by atoms with Gasteiger partial charge in [0.2, 0.25) is 0 Å². The van der Waals surface area contributed by atoms with Gasteiger partial charge in [0, 0.05) is 18.0 Å². The second-order valence-corrected chi connectivity index (χ2v) is 5.47. The summed E-state index contributed by atoms with van der Waals surface area (Å²) in [6.45, 7) is 0. The molecule has 0 spiro atoms. The third kappa shape index (κ3) is 2.03. The van der Waals surface area contributed by atoms with Gasteiger partial charge in [-0.05, 0) is 22.9 Å². The number of nitrogens with zero attached hydrogens (tertiary/aromatic N) is 2. The third-order valence-electron chi connectivity index (χ3n) is 3.59. The lowest BCUT2D eigenvalue weighted by Gasteiger charge is -2.00. The molecule has 0 saturated heterocycles. The molecule has 0 amide bonds.